The van der Waals surface area contributed by atoms with Gasteiger partial charge in [-0.3, -0.25) is 0 Å². The third-order valence-corrected chi connectivity index (χ3v) is 13.2. The van der Waals surface area contributed by atoms with Gasteiger partial charge >= 0.3 is 0 Å². The van der Waals surface area contributed by atoms with Crippen LogP contribution in [-0.4, -0.2) is 18.8 Å². The highest BCUT2D eigenvalue weighted by molar-refractivity contribution is 6.85. The Hall–Kier alpha value is -3.98. The van der Waals surface area contributed by atoms with Gasteiger partial charge in [-0.1, -0.05) is 139 Å². The van der Waals surface area contributed by atoms with Crippen LogP contribution in [0.5, 0.6) is 0 Å². The van der Waals surface area contributed by atoms with Crippen LogP contribution in [0, 0.1) is 11.3 Å². The number of hydrogen-bond acceptors (Lipinski definition) is 2. The first kappa shape index (κ1) is 32.0. The van der Waals surface area contributed by atoms with Crippen molar-refractivity contribution < 1.29 is 0 Å². The van der Waals surface area contributed by atoms with Crippen molar-refractivity contribution in [1.29, 1.82) is 0 Å². The van der Waals surface area contributed by atoms with Crippen LogP contribution in [0.15, 0.2) is 126 Å². The summed E-state index contributed by atoms with van der Waals surface area (Å²) in [6, 6.07) is 26.7. The lowest BCUT2D eigenvalue weighted by molar-refractivity contribution is 0.464. The van der Waals surface area contributed by atoms with E-state index in [1.165, 1.54) is 57.8 Å². The average Bonchev–Trinajstić information content (AvgIpc) is 3.44. The van der Waals surface area contributed by atoms with Gasteiger partial charge in [-0.05, 0) is 100 Å². The number of rotatable bonds is 3. The maximum Gasteiger partial charge on any atom is 0.221 e. The normalized spacial score (nSPS) is 25.2. The summed E-state index contributed by atoms with van der Waals surface area (Å²) < 4.78 is 0. The minimum atomic E-state index is -0.164. The monoisotopic (exact) mass is 656 g/mol. The molecular formula is C47H53BN2. The van der Waals surface area contributed by atoms with Gasteiger partial charge < -0.3 is 9.80 Å². The van der Waals surface area contributed by atoms with Crippen molar-refractivity contribution in [3.8, 4) is 0 Å². The van der Waals surface area contributed by atoms with Gasteiger partial charge in [0.25, 0.3) is 0 Å². The molecule has 3 heterocycles. The van der Waals surface area contributed by atoms with Crippen LogP contribution in [0.25, 0.3) is 0 Å². The van der Waals surface area contributed by atoms with Crippen molar-refractivity contribution in [1.82, 2.24) is 0 Å². The smallest absolute Gasteiger partial charge is 0.221 e. The second-order valence-corrected chi connectivity index (χ2v) is 18.5. The molecule has 254 valence electrons. The lowest BCUT2D eigenvalue weighted by Gasteiger charge is -2.54. The number of allylic oxidation sites excluding steroid dienone is 5. The van der Waals surface area contributed by atoms with Gasteiger partial charge in [-0.15, -0.1) is 0 Å². The molecule has 0 bridgehead atoms. The van der Waals surface area contributed by atoms with Crippen molar-refractivity contribution >= 4 is 29.2 Å². The number of nitrogens with zero attached hydrogens (tertiary/aromatic N) is 2. The molecule has 0 radical (unpaired) electrons. The van der Waals surface area contributed by atoms with Gasteiger partial charge in [0.2, 0.25) is 6.71 Å². The van der Waals surface area contributed by atoms with Gasteiger partial charge in [-0.2, -0.15) is 0 Å². The van der Waals surface area contributed by atoms with Crippen LogP contribution < -0.4 is 15.3 Å². The fourth-order valence-corrected chi connectivity index (χ4v) is 10.4. The zero-order valence-corrected chi connectivity index (χ0v) is 31.4. The summed E-state index contributed by atoms with van der Waals surface area (Å²) >= 11 is 0. The Morgan fingerprint density at radius 3 is 2.20 bits per heavy atom. The zero-order chi connectivity index (χ0) is 34.7. The summed E-state index contributed by atoms with van der Waals surface area (Å²) in [5.74, 6) is 1.05. The zero-order valence-electron chi connectivity index (χ0n) is 31.4. The molecule has 4 atom stereocenters. The minimum Gasteiger partial charge on any atom is -0.338 e. The molecule has 0 saturated carbocycles. The second-order valence-electron chi connectivity index (χ2n) is 18.5. The molecule has 0 fully saturated rings. The van der Waals surface area contributed by atoms with E-state index in [2.05, 4.69) is 168 Å². The van der Waals surface area contributed by atoms with Gasteiger partial charge in [0, 0.05) is 40.1 Å². The molecule has 3 aromatic rings. The van der Waals surface area contributed by atoms with Crippen LogP contribution in [-0.2, 0) is 10.8 Å². The molecule has 0 amide bonds. The summed E-state index contributed by atoms with van der Waals surface area (Å²) in [5.41, 5.74) is 16.2. The van der Waals surface area contributed by atoms with Gasteiger partial charge in [0.1, 0.15) is 0 Å². The molecule has 3 aromatic carbocycles. The van der Waals surface area contributed by atoms with Gasteiger partial charge in [0.15, 0.2) is 0 Å². The fourth-order valence-electron chi connectivity index (χ4n) is 10.4. The number of fused-ring (bicyclic) bond motifs is 6. The first-order valence-electron chi connectivity index (χ1n) is 19.2. The molecule has 2 nitrogen and oxygen atoms in total. The second kappa shape index (κ2) is 11.0. The Balaban J connectivity index is 1.37. The highest BCUT2D eigenvalue weighted by atomic mass is 15.2. The van der Waals surface area contributed by atoms with Crippen LogP contribution in [0.2, 0.25) is 5.82 Å². The first-order chi connectivity index (χ1) is 23.8. The van der Waals surface area contributed by atoms with E-state index in [1.54, 1.807) is 16.6 Å². The SMILES string of the molecule is CC(C)(C)C1=CC=C2B3c4c(cc(C(C)(C)c5ccccc5)cc4N(c4cccc(C(C)(C)C)c4)C2C1)N1C2=C(CCC=C2)C2CC=CC3C21. The van der Waals surface area contributed by atoms with Gasteiger partial charge in [-0.25, -0.2) is 0 Å². The molecule has 0 aromatic heterocycles. The van der Waals surface area contributed by atoms with E-state index in [0.717, 1.165) is 12.8 Å². The van der Waals surface area contributed by atoms with Crippen molar-refractivity contribution in [3.63, 3.8) is 0 Å². The molecule has 0 N–H and O–H groups in total. The summed E-state index contributed by atoms with van der Waals surface area (Å²) in [6.07, 6.45) is 19.7. The Labute approximate surface area is 301 Å². The Bertz CT molecular complexity index is 2040. The highest BCUT2D eigenvalue weighted by Gasteiger charge is 2.57. The quantitative estimate of drug-likeness (QED) is 0.204. The molecule has 50 heavy (non-hydrogen) atoms. The summed E-state index contributed by atoms with van der Waals surface area (Å²) in [7, 11) is 0. The lowest BCUT2D eigenvalue weighted by Crippen LogP contribution is -2.62. The minimum absolute atomic E-state index is 0.0630. The average molecular weight is 657 g/mol. The summed E-state index contributed by atoms with van der Waals surface area (Å²) in [4.78, 5) is 5.62. The third kappa shape index (κ3) is 4.68. The van der Waals surface area contributed by atoms with E-state index < -0.39 is 0 Å². The van der Waals surface area contributed by atoms with Crippen molar-refractivity contribution in [3.05, 3.63) is 142 Å². The topological polar surface area (TPSA) is 6.48 Å². The summed E-state index contributed by atoms with van der Waals surface area (Å²) in [5, 5.41) is 0. The Kier molecular flexibility index (Phi) is 7.04. The number of hydrogen-bond donors (Lipinski definition) is 0. The predicted octanol–water partition coefficient (Wildman–Crippen LogP) is 11.1. The first-order valence-corrected chi connectivity index (χ1v) is 19.2. The van der Waals surface area contributed by atoms with Crippen LogP contribution in [0.1, 0.15) is 97.8 Å². The number of benzene rings is 3. The fraction of sp³-hybridized carbons (Fsp3) is 0.404. The Morgan fingerprint density at radius 1 is 0.720 bits per heavy atom. The van der Waals surface area contributed by atoms with Crippen molar-refractivity contribution in [2.24, 2.45) is 11.3 Å². The molecule has 3 heteroatoms. The lowest BCUT2D eigenvalue weighted by atomic mass is 9.26. The van der Waals surface area contributed by atoms with E-state index in [0.29, 0.717) is 24.5 Å². The molecular weight excluding hydrogens is 603 g/mol. The molecule has 3 aliphatic heterocycles. The standard InChI is InChI=1S/C47H53BN2/c1-45(2,3)31-18-14-19-34(26-31)49-40-27-32(46(4,5)6)24-25-37(40)48-38-22-15-21-36-35-20-12-13-23-39(35)50(44(36)38)42-29-33(28-41(49)43(42)48)47(7,8)30-16-10-9-11-17-30/h9-11,13-19,22-26,28-29,36,38,40,44H,12,20-21,27H2,1-8H3. The maximum atomic E-state index is 2.84. The predicted molar refractivity (Wildman–Crippen MR) is 214 cm³/mol. The van der Waals surface area contributed by atoms with E-state index in [-0.39, 0.29) is 22.3 Å². The largest absolute Gasteiger partial charge is 0.338 e. The van der Waals surface area contributed by atoms with E-state index in [4.69, 9.17) is 0 Å². The molecule has 6 aliphatic rings. The number of anilines is 3. The van der Waals surface area contributed by atoms with Crippen LogP contribution >= 0.6 is 0 Å². The molecule has 0 saturated heterocycles. The van der Waals surface area contributed by atoms with Crippen molar-refractivity contribution in [2.45, 2.75) is 110 Å². The van der Waals surface area contributed by atoms with Gasteiger partial charge in [0.05, 0.1) is 6.04 Å². The maximum absolute atomic E-state index is 2.84. The van der Waals surface area contributed by atoms with E-state index in [1.807, 2.05) is 0 Å². The Morgan fingerprint density at radius 2 is 1.46 bits per heavy atom. The molecule has 3 aliphatic carbocycles. The van der Waals surface area contributed by atoms with Crippen molar-refractivity contribution in [2.75, 3.05) is 9.80 Å². The van der Waals surface area contributed by atoms with E-state index >= 15 is 0 Å². The highest BCUT2D eigenvalue weighted by Crippen LogP contribution is 2.58. The molecule has 4 unspecified atom stereocenters. The van der Waals surface area contributed by atoms with Crippen LogP contribution in [0.3, 0.4) is 0 Å². The molecule has 9 rings (SSSR count). The summed E-state index contributed by atoms with van der Waals surface area (Å²) in [6.45, 7) is 19.5. The molecule has 0 spiro atoms. The van der Waals surface area contributed by atoms with E-state index in [9.17, 15) is 0 Å². The third-order valence-electron chi connectivity index (χ3n) is 13.2. The van der Waals surface area contributed by atoms with Crippen LogP contribution in [0.4, 0.5) is 17.1 Å².